The first kappa shape index (κ1) is 36.4. The van der Waals surface area contributed by atoms with Crippen LogP contribution < -0.4 is 21.1 Å². The SMILES string of the molecule is C[C@H](CO)N1C[C@H](C)[C@@H](CN(C)S(=O)(=O)c2cn(C)cn2)Oc2c(NC(=O)CCCCCC(=O)Nc3ccccc3N)cccc2C1=O. The minimum absolute atomic E-state index is 0.0677. The Labute approximate surface area is 281 Å². The quantitative estimate of drug-likeness (QED) is 0.146. The highest BCUT2D eigenvalue weighted by atomic mass is 32.2. The molecule has 1 aromatic heterocycles. The number of anilines is 3. The Balaban J connectivity index is 1.45. The Morgan fingerprint density at radius 1 is 1.08 bits per heavy atom. The van der Waals surface area contributed by atoms with E-state index in [0.717, 1.165) is 4.31 Å². The van der Waals surface area contributed by atoms with Crippen LogP contribution in [0.25, 0.3) is 0 Å². The number of nitrogen functional groups attached to an aromatic ring is 1. The van der Waals surface area contributed by atoms with Gasteiger partial charge in [0.2, 0.25) is 11.8 Å². The number of carbonyl (C=O) groups excluding carboxylic acids is 3. The standard InChI is InChI=1S/C33H45N7O7S/c1-22-17-40(23(2)20-41)33(44)24-11-10-14-27(32(24)47-28(22)18-39(4)48(45,46)31-19-38(3)21-35-31)37-30(43)16-7-5-6-15-29(42)36-26-13-9-8-12-25(26)34/h8-14,19,21-23,28,41H,5-7,15-18,20,34H2,1-4H3,(H,36,42)(H,37,43)/t22-,23+,28+/m0/s1. The van der Waals surface area contributed by atoms with Crippen molar-refractivity contribution in [2.24, 2.45) is 13.0 Å². The number of imidazole rings is 1. The normalized spacial score (nSPS) is 17.2. The van der Waals surface area contributed by atoms with E-state index in [1.807, 2.05) is 6.92 Å². The van der Waals surface area contributed by atoms with E-state index in [1.54, 1.807) is 65.9 Å². The second kappa shape index (κ2) is 16.1. The maximum absolute atomic E-state index is 13.7. The second-order valence-electron chi connectivity index (χ2n) is 12.2. The van der Waals surface area contributed by atoms with Gasteiger partial charge in [0.05, 0.1) is 48.1 Å². The highest BCUT2D eigenvalue weighted by Gasteiger charge is 2.36. The number of unbranched alkanes of at least 4 members (excludes halogenated alkanes) is 2. The Morgan fingerprint density at radius 3 is 2.35 bits per heavy atom. The molecule has 5 N–H and O–H groups in total. The molecule has 1 aliphatic rings. The van der Waals surface area contributed by atoms with E-state index in [0.29, 0.717) is 30.6 Å². The average molecular weight is 684 g/mol. The van der Waals surface area contributed by atoms with E-state index < -0.39 is 22.2 Å². The predicted molar refractivity (Wildman–Crippen MR) is 182 cm³/mol. The summed E-state index contributed by atoms with van der Waals surface area (Å²) >= 11 is 0. The number of aromatic nitrogens is 2. The average Bonchev–Trinajstić information content (AvgIpc) is 3.50. The molecule has 0 saturated heterocycles. The van der Waals surface area contributed by atoms with Gasteiger partial charge >= 0.3 is 0 Å². The van der Waals surface area contributed by atoms with Crippen LogP contribution in [0.5, 0.6) is 5.75 Å². The fraction of sp³-hybridized carbons (Fsp3) is 0.455. The summed E-state index contributed by atoms with van der Waals surface area (Å²) in [4.78, 5) is 44.6. The van der Waals surface area contributed by atoms with E-state index in [9.17, 15) is 27.9 Å². The number of nitrogens with zero attached hydrogens (tertiary/aromatic N) is 4. The third-order valence-corrected chi connectivity index (χ3v) is 10.0. The van der Waals surface area contributed by atoms with Gasteiger partial charge in [-0.2, -0.15) is 4.31 Å². The van der Waals surface area contributed by atoms with Crippen LogP contribution in [0.3, 0.4) is 0 Å². The van der Waals surface area contributed by atoms with Gasteiger partial charge in [-0.1, -0.05) is 31.5 Å². The first-order valence-corrected chi connectivity index (χ1v) is 17.4. The van der Waals surface area contributed by atoms with Gasteiger partial charge in [0.15, 0.2) is 10.8 Å². The third-order valence-electron chi connectivity index (χ3n) is 8.30. The number of carbonyl (C=O) groups is 3. The largest absolute Gasteiger partial charge is 0.486 e. The maximum Gasteiger partial charge on any atom is 0.261 e. The minimum atomic E-state index is -3.95. The van der Waals surface area contributed by atoms with Crippen molar-refractivity contribution < 1.29 is 32.6 Å². The van der Waals surface area contributed by atoms with Gasteiger partial charge in [-0.3, -0.25) is 14.4 Å². The number of para-hydroxylation sites is 3. The number of hydrogen-bond donors (Lipinski definition) is 4. The Hall–Kier alpha value is -4.47. The minimum Gasteiger partial charge on any atom is -0.486 e. The third kappa shape index (κ3) is 8.90. The van der Waals surface area contributed by atoms with Gasteiger partial charge in [-0.15, -0.1) is 0 Å². The van der Waals surface area contributed by atoms with Crippen molar-refractivity contribution in [1.82, 2.24) is 18.8 Å². The lowest BCUT2D eigenvalue weighted by molar-refractivity contribution is -0.116. The summed E-state index contributed by atoms with van der Waals surface area (Å²) in [6.45, 7) is 3.44. The number of hydrogen-bond acceptors (Lipinski definition) is 9. The Kier molecular flexibility index (Phi) is 12.2. The molecular formula is C33H45N7O7S. The molecule has 0 radical (unpaired) electrons. The summed E-state index contributed by atoms with van der Waals surface area (Å²) in [5.74, 6) is -1.07. The molecule has 15 heteroatoms. The van der Waals surface area contributed by atoms with Crippen molar-refractivity contribution >= 4 is 44.8 Å². The lowest BCUT2D eigenvalue weighted by atomic mass is 9.99. The van der Waals surface area contributed by atoms with Crippen molar-refractivity contribution in [3.8, 4) is 5.75 Å². The van der Waals surface area contributed by atoms with E-state index in [2.05, 4.69) is 15.6 Å². The number of benzene rings is 2. The van der Waals surface area contributed by atoms with Gasteiger partial charge in [0, 0.05) is 45.6 Å². The molecule has 0 bridgehead atoms. The van der Waals surface area contributed by atoms with E-state index in [-0.39, 0.29) is 78.2 Å². The molecule has 2 heterocycles. The monoisotopic (exact) mass is 683 g/mol. The molecule has 0 unspecified atom stereocenters. The summed E-state index contributed by atoms with van der Waals surface area (Å²) in [6, 6.07) is 11.3. The molecule has 4 rings (SSSR count). The lowest BCUT2D eigenvalue weighted by Crippen LogP contribution is -2.50. The molecule has 2 aromatic carbocycles. The fourth-order valence-corrected chi connectivity index (χ4v) is 6.52. The number of nitrogens with one attached hydrogen (secondary N) is 2. The number of likely N-dealkylation sites (N-methyl/N-ethyl adjacent to an activating group) is 1. The van der Waals surface area contributed by atoms with E-state index in [1.165, 1.54) is 19.6 Å². The van der Waals surface area contributed by atoms with Gasteiger partial charge < -0.3 is 35.7 Å². The van der Waals surface area contributed by atoms with Crippen LogP contribution in [-0.2, 0) is 26.7 Å². The van der Waals surface area contributed by atoms with Crippen LogP contribution >= 0.6 is 0 Å². The zero-order valence-corrected chi connectivity index (χ0v) is 28.6. The van der Waals surface area contributed by atoms with Crippen LogP contribution in [0.4, 0.5) is 17.1 Å². The summed E-state index contributed by atoms with van der Waals surface area (Å²) in [6.07, 6.45) is 4.28. The van der Waals surface area contributed by atoms with Crippen molar-refractivity contribution in [2.45, 2.75) is 63.1 Å². The number of nitrogens with two attached hydrogens (primary N) is 1. The molecule has 3 aromatic rings. The molecule has 14 nitrogen and oxygen atoms in total. The summed E-state index contributed by atoms with van der Waals surface area (Å²) in [5.41, 5.74) is 7.39. The van der Waals surface area contributed by atoms with Gasteiger partial charge in [0.25, 0.3) is 15.9 Å². The number of aliphatic hydroxyl groups is 1. The van der Waals surface area contributed by atoms with Gasteiger partial charge in [0.1, 0.15) is 6.10 Å². The number of aryl methyl sites for hydroxylation is 1. The number of aliphatic hydroxyl groups excluding tert-OH is 1. The first-order valence-electron chi connectivity index (χ1n) is 15.9. The highest BCUT2D eigenvalue weighted by Crippen LogP contribution is 2.35. The second-order valence-corrected chi connectivity index (χ2v) is 14.2. The van der Waals surface area contributed by atoms with E-state index in [4.69, 9.17) is 10.5 Å². The van der Waals surface area contributed by atoms with Crippen LogP contribution in [0.2, 0.25) is 0 Å². The van der Waals surface area contributed by atoms with Crippen LogP contribution in [0.15, 0.2) is 60.0 Å². The van der Waals surface area contributed by atoms with Gasteiger partial charge in [-0.25, -0.2) is 13.4 Å². The number of amides is 3. The molecule has 0 fully saturated rings. The maximum atomic E-state index is 13.7. The van der Waals surface area contributed by atoms with Crippen LogP contribution in [0.1, 0.15) is 56.3 Å². The summed E-state index contributed by atoms with van der Waals surface area (Å²) in [5, 5.41) is 15.5. The molecule has 1 aliphatic heterocycles. The lowest BCUT2D eigenvalue weighted by Gasteiger charge is -2.38. The van der Waals surface area contributed by atoms with Crippen molar-refractivity contribution in [3.63, 3.8) is 0 Å². The summed E-state index contributed by atoms with van der Waals surface area (Å²) < 4.78 is 35.7. The number of fused-ring (bicyclic) bond motifs is 1. The molecular weight excluding hydrogens is 638 g/mol. The molecule has 48 heavy (non-hydrogen) atoms. The molecule has 260 valence electrons. The smallest absolute Gasteiger partial charge is 0.261 e. The zero-order chi connectivity index (χ0) is 35.0. The molecule has 0 spiro atoms. The molecule has 0 aliphatic carbocycles. The first-order chi connectivity index (χ1) is 22.8. The number of sulfonamides is 1. The van der Waals surface area contributed by atoms with Crippen LogP contribution in [0, 0.1) is 5.92 Å². The zero-order valence-electron chi connectivity index (χ0n) is 27.8. The molecule has 3 atom stereocenters. The van der Waals surface area contributed by atoms with E-state index >= 15 is 0 Å². The van der Waals surface area contributed by atoms with Crippen molar-refractivity contribution in [3.05, 3.63) is 60.6 Å². The van der Waals surface area contributed by atoms with Crippen molar-refractivity contribution in [2.75, 3.05) is 43.1 Å². The predicted octanol–water partition coefficient (Wildman–Crippen LogP) is 3.07. The Morgan fingerprint density at radius 2 is 1.73 bits per heavy atom. The topological polar surface area (TPSA) is 189 Å². The van der Waals surface area contributed by atoms with Crippen LogP contribution in [-0.4, -0.2) is 88.9 Å². The summed E-state index contributed by atoms with van der Waals surface area (Å²) in [7, 11) is -0.838. The molecule has 0 saturated carbocycles. The molecule has 3 amide bonds. The Bertz CT molecular complexity index is 1710. The number of ether oxygens (including phenoxy) is 1. The van der Waals surface area contributed by atoms with Gasteiger partial charge in [-0.05, 0) is 44.0 Å². The number of rotatable bonds is 14. The highest BCUT2D eigenvalue weighted by molar-refractivity contribution is 7.89. The fourth-order valence-electron chi connectivity index (χ4n) is 5.38. The van der Waals surface area contributed by atoms with Crippen molar-refractivity contribution in [1.29, 1.82) is 0 Å².